The van der Waals surface area contributed by atoms with E-state index >= 15 is 0 Å². The summed E-state index contributed by atoms with van der Waals surface area (Å²) in [5, 5.41) is 3.11. The SMILES string of the molecule is COc1cccc(C(NC(C)C)C(N)=O)c1OC. The van der Waals surface area contributed by atoms with Crippen LogP contribution < -0.4 is 20.5 Å². The smallest absolute Gasteiger partial charge is 0.239 e. The van der Waals surface area contributed by atoms with Crippen LogP contribution in [0.15, 0.2) is 18.2 Å². The first-order valence-corrected chi connectivity index (χ1v) is 5.77. The second-order valence-electron chi connectivity index (χ2n) is 4.24. The second-order valence-corrected chi connectivity index (χ2v) is 4.24. The van der Waals surface area contributed by atoms with E-state index < -0.39 is 11.9 Å². The summed E-state index contributed by atoms with van der Waals surface area (Å²) in [6.45, 7) is 3.89. The first kappa shape index (κ1) is 14.3. The van der Waals surface area contributed by atoms with Gasteiger partial charge in [0.2, 0.25) is 5.91 Å². The quantitative estimate of drug-likeness (QED) is 0.798. The highest BCUT2D eigenvalue weighted by atomic mass is 16.5. The lowest BCUT2D eigenvalue weighted by Crippen LogP contribution is -2.37. The molecule has 0 aliphatic carbocycles. The number of carbonyl (C=O) groups excluding carboxylic acids is 1. The Kier molecular flexibility index (Phi) is 4.97. The molecular weight excluding hydrogens is 232 g/mol. The number of ether oxygens (including phenoxy) is 2. The van der Waals surface area contributed by atoms with E-state index in [0.29, 0.717) is 17.1 Å². The maximum absolute atomic E-state index is 11.6. The van der Waals surface area contributed by atoms with Crippen LogP contribution in [0.1, 0.15) is 25.5 Å². The van der Waals surface area contributed by atoms with Gasteiger partial charge in [0, 0.05) is 11.6 Å². The van der Waals surface area contributed by atoms with Crippen LogP contribution >= 0.6 is 0 Å². The van der Waals surface area contributed by atoms with Crippen LogP contribution in [0.5, 0.6) is 11.5 Å². The van der Waals surface area contributed by atoms with Gasteiger partial charge in [0.1, 0.15) is 6.04 Å². The van der Waals surface area contributed by atoms with Crippen LogP contribution in [0.2, 0.25) is 0 Å². The van der Waals surface area contributed by atoms with E-state index in [0.717, 1.165) is 0 Å². The Labute approximate surface area is 107 Å². The van der Waals surface area contributed by atoms with Crippen molar-refractivity contribution in [2.24, 2.45) is 5.73 Å². The minimum atomic E-state index is -0.602. The number of hydrogen-bond donors (Lipinski definition) is 2. The zero-order valence-electron chi connectivity index (χ0n) is 11.2. The van der Waals surface area contributed by atoms with E-state index in [4.69, 9.17) is 15.2 Å². The van der Waals surface area contributed by atoms with Crippen LogP contribution in [-0.2, 0) is 4.79 Å². The fourth-order valence-corrected chi connectivity index (χ4v) is 1.80. The summed E-state index contributed by atoms with van der Waals surface area (Å²) in [5.74, 6) is 0.652. The number of rotatable bonds is 6. The van der Waals surface area contributed by atoms with Crippen molar-refractivity contribution < 1.29 is 14.3 Å². The largest absolute Gasteiger partial charge is 0.493 e. The third kappa shape index (κ3) is 3.13. The normalized spacial score (nSPS) is 12.3. The maximum Gasteiger partial charge on any atom is 0.239 e. The van der Waals surface area contributed by atoms with Crippen LogP contribution in [-0.4, -0.2) is 26.2 Å². The average molecular weight is 252 g/mol. The fourth-order valence-electron chi connectivity index (χ4n) is 1.80. The van der Waals surface area contributed by atoms with Gasteiger partial charge in [-0.1, -0.05) is 12.1 Å². The standard InChI is InChI=1S/C13H20N2O3/c1-8(2)15-11(13(14)16)9-6-5-7-10(17-3)12(9)18-4/h5-8,11,15H,1-4H3,(H2,14,16). The van der Waals surface area contributed by atoms with Gasteiger partial charge in [0.05, 0.1) is 14.2 Å². The zero-order chi connectivity index (χ0) is 13.7. The van der Waals surface area contributed by atoms with Gasteiger partial charge in [0.15, 0.2) is 11.5 Å². The second kappa shape index (κ2) is 6.26. The highest BCUT2D eigenvalue weighted by molar-refractivity contribution is 5.82. The van der Waals surface area contributed by atoms with Gasteiger partial charge in [-0.3, -0.25) is 10.1 Å². The van der Waals surface area contributed by atoms with Crippen molar-refractivity contribution in [3.8, 4) is 11.5 Å². The highest BCUT2D eigenvalue weighted by Crippen LogP contribution is 2.34. The number of amides is 1. The molecule has 0 saturated carbocycles. The summed E-state index contributed by atoms with van der Waals surface area (Å²) in [6, 6.07) is 4.89. The topological polar surface area (TPSA) is 73.6 Å². The lowest BCUT2D eigenvalue weighted by molar-refractivity contribution is -0.120. The average Bonchev–Trinajstić information content (AvgIpc) is 2.34. The molecule has 1 unspecified atom stereocenters. The Bertz CT molecular complexity index is 419. The number of nitrogens with one attached hydrogen (secondary N) is 1. The van der Waals surface area contributed by atoms with Crippen LogP contribution in [0, 0.1) is 0 Å². The van der Waals surface area contributed by atoms with E-state index in [2.05, 4.69) is 5.32 Å². The molecule has 1 amide bonds. The van der Waals surface area contributed by atoms with Crippen molar-refractivity contribution in [3.05, 3.63) is 23.8 Å². The molecule has 0 aromatic heterocycles. The number of carbonyl (C=O) groups is 1. The molecule has 0 aliphatic heterocycles. The summed E-state index contributed by atoms with van der Waals surface area (Å²) in [6.07, 6.45) is 0. The van der Waals surface area contributed by atoms with Crippen molar-refractivity contribution >= 4 is 5.91 Å². The zero-order valence-corrected chi connectivity index (χ0v) is 11.2. The van der Waals surface area contributed by atoms with Crippen LogP contribution in [0.4, 0.5) is 0 Å². The molecule has 3 N–H and O–H groups in total. The van der Waals surface area contributed by atoms with Gasteiger partial charge in [-0.25, -0.2) is 0 Å². The molecule has 1 aromatic rings. The van der Waals surface area contributed by atoms with Gasteiger partial charge < -0.3 is 15.2 Å². The minimum Gasteiger partial charge on any atom is -0.493 e. The molecule has 5 heteroatoms. The Balaban J connectivity index is 3.22. The third-order valence-electron chi connectivity index (χ3n) is 2.53. The van der Waals surface area contributed by atoms with E-state index in [1.807, 2.05) is 13.8 Å². The molecule has 0 spiro atoms. The molecular formula is C13H20N2O3. The number of nitrogens with two attached hydrogens (primary N) is 1. The van der Waals surface area contributed by atoms with Gasteiger partial charge in [0.25, 0.3) is 0 Å². The molecule has 0 bridgehead atoms. The Morgan fingerprint density at radius 1 is 1.28 bits per heavy atom. The van der Waals surface area contributed by atoms with Gasteiger partial charge in [-0.2, -0.15) is 0 Å². The predicted octanol–water partition coefficient (Wildman–Crippen LogP) is 1.23. The summed E-state index contributed by atoms with van der Waals surface area (Å²) < 4.78 is 10.5. The number of methoxy groups -OCH3 is 2. The van der Waals surface area contributed by atoms with Crippen LogP contribution in [0.25, 0.3) is 0 Å². The molecule has 0 radical (unpaired) electrons. The van der Waals surface area contributed by atoms with E-state index in [1.165, 1.54) is 7.11 Å². The molecule has 0 heterocycles. The van der Waals surface area contributed by atoms with Gasteiger partial charge in [-0.15, -0.1) is 0 Å². The van der Waals surface area contributed by atoms with E-state index in [-0.39, 0.29) is 6.04 Å². The maximum atomic E-state index is 11.6. The number of benzene rings is 1. The third-order valence-corrected chi connectivity index (χ3v) is 2.53. The Hall–Kier alpha value is -1.75. The van der Waals surface area contributed by atoms with Gasteiger partial charge in [-0.05, 0) is 19.9 Å². The van der Waals surface area contributed by atoms with E-state index in [9.17, 15) is 4.79 Å². The first-order chi connectivity index (χ1) is 8.51. The molecule has 1 rings (SSSR count). The predicted molar refractivity (Wildman–Crippen MR) is 69.8 cm³/mol. The van der Waals surface area contributed by atoms with Gasteiger partial charge >= 0.3 is 0 Å². The van der Waals surface area contributed by atoms with Crippen molar-refractivity contribution in [1.29, 1.82) is 0 Å². The van der Waals surface area contributed by atoms with E-state index in [1.54, 1.807) is 25.3 Å². The molecule has 0 aliphatic rings. The van der Waals surface area contributed by atoms with Crippen LogP contribution in [0.3, 0.4) is 0 Å². The summed E-state index contributed by atoms with van der Waals surface area (Å²) in [4.78, 5) is 11.6. The van der Waals surface area contributed by atoms with Crippen molar-refractivity contribution in [2.75, 3.05) is 14.2 Å². The Morgan fingerprint density at radius 3 is 2.39 bits per heavy atom. The summed E-state index contributed by atoms with van der Waals surface area (Å²) in [5.41, 5.74) is 6.11. The molecule has 18 heavy (non-hydrogen) atoms. The monoisotopic (exact) mass is 252 g/mol. The molecule has 5 nitrogen and oxygen atoms in total. The lowest BCUT2D eigenvalue weighted by atomic mass is 10.0. The summed E-state index contributed by atoms with van der Waals surface area (Å²) in [7, 11) is 3.09. The number of primary amides is 1. The first-order valence-electron chi connectivity index (χ1n) is 5.77. The highest BCUT2D eigenvalue weighted by Gasteiger charge is 2.24. The molecule has 0 fully saturated rings. The summed E-state index contributed by atoms with van der Waals surface area (Å²) >= 11 is 0. The Morgan fingerprint density at radius 2 is 1.94 bits per heavy atom. The molecule has 1 atom stereocenters. The molecule has 0 saturated heterocycles. The minimum absolute atomic E-state index is 0.124. The fraction of sp³-hybridized carbons (Fsp3) is 0.462. The molecule has 100 valence electrons. The number of para-hydroxylation sites is 1. The van der Waals surface area contributed by atoms with Crippen molar-refractivity contribution in [1.82, 2.24) is 5.32 Å². The molecule has 1 aromatic carbocycles. The number of hydrogen-bond acceptors (Lipinski definition) is 4. The van der Waals surface area contributed by atoms with Crippen molar-refractivity contribution in [3.63, 3.8) is 0 Å². The lowest BCUT2D eigenvalue weighted by Gasteiger charge is -2.21. The van der Waals surface area contributed by atoms with Crippen molar-refractivity contribution in [2.45, 2.75) is 25.9 Å².